The van der Waals surface area contributed by atoms with Crippen LogP contribution in [-0.4, -0.2) is 6.21 Å². The Morgan fingerprint density at radius 2 is 1.89 bits per heavy atom. The lowest BCUT2D eigenvalue weighted by atomic mass is 10.1. The quantitative estimate of drug-likeness (QED) is 0.587. The minimum atomic E-state index is 0.402. The Balaban J connectivity index is 1.97. The largest absolute Gasteiger partial charge is 0.390 e. The van der Waals surface area contributed by atoms with Gasteiger partial charge in [0, 0.05) is 10.0 Å². The molecule has 0 spiro atoms. The molecule has 95 valence electrons. The minimum Gasteiger partial charge on any atom is -0.390 e. The van der Waals surface area contributed by atoms with E-state index < -0.39 is 0 Å². The second kappa shape index (κ2) is 6.90. The van der Waals surface area contributed by atoms with Gasteiger partial charge in [0.05, 0.1) is 0 Å². The average molecular weight is 315 g/mol. The Labute approximate surface area is 121 Å². The maximum Gasteiger partial charge on any atom is 0.142 e. The Morgan fingerprint density at radius 1 is 1.16 bits per heavy atom. The van der Waals surface area contributed by atoms with E-state index in [4.69, 9.17) is 4.84 Å². The number of halogens is 1. The first-order chi connectivity index (χ1) is 9.31. The van der Waals surface area contributed by atoms with Crippen molar-refractivity contribution in [2.24, 2.45) is 5.16 Å². The van der Waals surface area contributed by atoms with Gasteiger partial charge in [-0.25, -0.2) is 0 Å². The summed E-state index contributed by atoms with van der Waals surface area (Å²) in [6, 6.07) is 15.6. The van der Waals surface area contributed by atoms with E-state index in [2.05, 4.69) is 33.9 Å². The van der Waals surface area contributed by atoms with E-state index in [9.17, 15) is 0 Å². The number of nitrogens with zero attached hydrogens (tertiary/aromatic N) is 1. The second-order valence-electron chi connectivity index (χ2n) is 3.86. The Hall–Kier alpha value is -1.87. The average Bonchev–Trinajstić information content (AvgIpc) is 2.45. The van der Waals surface area contributed by atoms with Gasteiger partial charge in [-0.15, -0.1) is 0 Å². The van der Waals surface area contributed by atoms with Crippen LogP contribution in [0.25, 0.3) is 6.08 Å². The van der Waals surface area contributed by atoms with Crippen LogP contribution in [0.2, 0.25) is 0 Å². The number of rotatable bonds is 5. The maximum atomic E-state index is 5.27. The van der Waals surface area contributed by atoms with Crippen molar-refractivity contribution in [1.29, 1.82) is 0 Å². The highest BCUT2D eigenvalue weighted by atomic mass is 79.9. The molecule has 0 bridgehead atoms. The SMILES string of the molecule is C=Cc1ccccc1CO/N=[C]\c1ccccc1Br. The molecule has 19 heavy (non-hydrogen) atoms. The molecule has 0 aliphatic carbocycles. The summed E-state index contributed by atoms with van der Waals surface area (Å²) in [4.78, 5) is 5.27. The Morgan fingerprint density at radius 3 is 2.68 bits per heavy atom. The van der Waals surface area contributed by atoms with Gasteiger partial charge < -0.3 is 4.84 Å². The van der Waals surface area contributed by atoms with Crippen LogP contribution in [0.5, 0.6) is 0 Å². The van der Waals surface area contributed by atoms with Crippen molar-refractivity contribution in [3.05, 3.63) is 76.3 Å². The van der Waals surface area contributed by atoms with Gasteiger partial charge in [-0.2, -0.15) is 0 Å². The van der Waals surface area contributed by atoms with Crippen molar-refractivity contribution in [2.75, 3.05) is 0 Å². The highest BCUT2D eigenvalue weighted by Gasteiger charge is 1.98. The van der Waals surface area contributed by atoms with E-state index in [-0.39, 0.29) is 0 Å². The van der Waals surface area contributed by atoms with E-state index in [1.807, 2.05) is 48.5 Å². The molecular formula is C16H13BrNO. The topological polar surface area (TPSA) is 21.6 Å². The lowest BCUT2D eigenvalue weighted by molar-refractivity contribution is 0.132. The van der Waals surface area contributed by atoms with Gasteiger partial charge in [0.1, 0.15) is 12.8 Å². The minimum absolute atomic E-state index is 0.402. The summed E-state index contributed by atoms with van der Waals surface area (Å²) in [7, 11) is 0. The lowest BCUT2D eigenvalue weighted by Crippen LogP contribution is -1.91. The van der Waals surface area contributed by atoms with E-state index in [0.717, 1.165) is 21.2 Å². The van der Waals surface area contributed by atoms with E-state index in [1.165, 1.54) is 0 Å². The van der Waals surface area contributed by atoms with Crippen LogP contribution < -0.4 is 0 Å². The Kier molecular flexibility index (Phi) is 4.93. The standard InChI is InChI=1S/C16H13BrNO/c1-2-13-7-3-4-9-15(13)12-19-18-11-14-8-5-6-10-16(14)17/h2-10H,1,12H2. The van der Waals surface area contributed by atoms with Gasteiger partial charge in [-0.05, 0) is 17.2 Å². The second-order valence-corrected chi connectivity index (χ2v) is 4.71. The summed E-state index contributed by atoms with van der Waals surface area (Å²) >= 11 is 3.42. The van der Waals surface area contributed by atoms with Gasteiger partial charge in [-0.1, -0.05) is 76.2 Å². The predicted octanol–water partition coefficient (Wildman–Crippen LogP) is 4.52. The van der Waals surface area contributed by atoms with E-state index >= 15 is 0 Å². The third-order valence-electron chi connectivity index (χ3n) is 2.60. The molecule has 0 aromatic heterocycles. The van der Waals surface area contributed by atoms with Crippen LogP contribution >= 0.6 is 15.9 Å². The van der Waals surface area contributed by atoms with Crippen LogP contribution in [0, 0.1) is 0 Å². The molecule has 0 fully saturated rings. The van der Waals surface area contributed by atoms with Crippen molar-refractivity contribution in [3.8, 4) is 0 Å². The molecule has 0 saturated carbocycles. The predicted molar refractivity (Wildman–Crippen MR) is 82.0 cm³/mol. The van der Waals surface area contributed by atoms with E-state index in [1.54, 1.807) is 6.08 Å². The molecule has 2 aromatic rings. The van der Waals surface area contributed by atoms with Gasteiger partial charge in [-0.3, -0.25) is 0 Å². The molecule has 0 aliphatic rings. The van der Waals surface area contributed by atoms with Gasteiger partial charge in [0.15, 0.2) is 0 Å². The summed E-state index contributed by atoms with van der Waals surface area (Å²) in [6.07, 6.45) is 4.66. The van der Waals surface area contributed by atoms with Crippen molar-refractivity contribution < 1.29 is 4.84 Å². The lowest BCUT2D eigenvalue weighted by Gasteiger charge is -2.03. The molecule has 2 rings (SSSR count). The zero-order valence-corrected chi connectivity index (χ0v) is 11.9. The summed E-state index contributed by atoms with van der Waals surface area (Å²) < 4.78 is 0.939. The fourth-order valence-corrected chi connectivity index (χ4v) is 1.97. The molecule has 0 aliphatic heterocycles. The molecule has 2 nitrogen and oxygen atoms in total. The highest BCUT2D eigenvalue weighted by Crippen LogP contribution is 2.14. The van der Waals surface area contributed by atoms with Crippen LogP contribution in [0.15, 0.2) is 64.7 Å². The van der Waals surface area contributed by atoms with Crippen LogP contribution in [0.1, 0.15) is 16.7 Å². The monoisotopic (exact) mass is 314 g/mol. The molecule has 0 heterocycles. The van der Waals surface area contributed by atoms with E-state index in [0.29, 0.717) is 6.61 Å². The van der Waals surface area contributed by atoms with Crippen molar-refractivity contribution >= 4 is 28.2 Å². The Bertz CT molecular complexity index is 593. The molecule has 0 unspecified atom stereocenters. The molecule has 0 N–H and O–H groups in total. The van der Waals surface area contributed by atoms with Gasteiger partial charge >= 0.3 is 0 Å². The third-order valence-corrected chi connectivity index (χ3v) is 3.29. The summed E-state index contributed by atoms with van der Waals surface area (Å²) in [5.74, 6) is 0. The van der Waals surface area contributed by atoms with Crippen molar-refractivity contribution in [1.82, 2.24) is 0 Å². The highest BCUT2D eigenvalue weighted by molar-refractivity contribution is 9.10. The molecule has 1 radical (unpaired) electrons. The first-order valence-corrected chi connectivity index (χ1v) is 6.63. The zero-order chi connectivity index (χ0) is 13.5. The first kappa shape index (κ1) is 13.6. The number of hydrogen-bond acceptors (Lipinski definition) is 2. The number of hydrogen-bond donors (Lipinski definition) is 0. The van der Waals surface area contributed by atoms with Crippen molar-refractivity contribution in [2.45, 2.75) is 6.61 Å². The van der Waals surface area contributed by atoms with Crippen LogP contribution in [0.4, 0.5) is 0 Å². The summed E-state index contributed by atoms with van der Waals surface area (Å²) in [5.41, 5.74) is 2.97. The molecular weight excluding hydrogens is 302 g/mol. The summed E-state index contributed by atoms with van der Waals surface area (Å²) in [6.45, 7) is 4.17. The molecule has 0 saturated heterocycles. The molecule has 0 amide bonds. The van der Waals surface area contributed by atoms with Crippen LogP contribution in [-0.2, 0) is 11.4 Å². The zero-order valence-electron chi connectivity index (χ0n) is 10.3. The normalized spacial score (nSPS) is 10.6. The smallest absolute Gasteiger partial charge is 0.142 e. The fourth-order valence-electron chi connectivity index (χ4n) is 1.60. The van der Waals surface area contributed by atoms with Crippen molar-refractivity contribution in [3.63, 3.8) is 0 Å². The fraction of sp³-hybridized carbons (Fsp3) is 0.0625. The van der Waals surface area contributed by atoms with Crippen LogP contribution in [0.3, 0.4) is 0 Å². The molecule has 0 atom stereocenters. The number of benzene rings is 2. The molecule has 3 heteroatoms. The molecule has 2 aromatic carbocycles. The summed E-state index contributed by atoms with van der Waals surface area (Å²) in [5, 5.41) is 3.86. The maximum absolute atomic E-state index is 5.27. The first-order valence-electron chi connectivity index (χ1n) is 5.84. The third kappa shape index (κ3) is 3.80. The van der Waals surface area contributed by atoms with Gasteiger partial charge in [0.2, 0.25) is 0 Å². The van der Waals surface area contributed by atoms with Gasteiger partial charge in [0.25, 0.3) is 0 Å².